The number of piperidine rings is 1. The predicted molar refractivity (Wildman–Crippen MR) is 122 cm³/mol. The third-order valence-electron chi connectivity index (χ3n) is 6.30. The Kier molecular flexibility index (Phi) is 5.42. The van der Waals surface area contributed by atoms with Crippen LogP contribution in [-0.2, 0) is 0 Å². The Morgan fingerprint density at radius 3 is 2.62 bits per heavy atom. The molecule has 4 heterocycles. The summed E-state index contributed by atoms with van der Waals surface area (Å²) in [6, 6.07) is 9.38. The van der Waals surface area contributed by atoms with Gasteiger partial charge in [0.25, 0.3) is 5.91 Å². The van der Waals surface area contributed by atoms with Gasteiger partial charge in [-0.15, -0.1) is 0 Å². The van der Waals surface area contributed by atoms with Crippen LogP contribution in [0.4, 0.5) is 11.8 Å². The van der Waals surface area contributed by atoms with Crippen LogP contribution in [-0.4, -0.2) is 75.5 Å². The molecular weight excluding hydrogens is 428 g/mol. The molecule has 0 spiro atoms. The molecule has 1 aromatic carbocycles. The minimum atomic E-state index is -0.0100. The number of fused-ring (bicyclic) bond motifs is 1. The molecule has 2 aromatic heterocycles. The van der Waals surface area contributed by atoms with Gasteiger partial charge in [0.05, 0.1) is 29.7 Å². The van der Waals surface area contributed by atoms with Crippen LogP contribution in [0.3, 0.4) is 0 Å². The Hall–Kier alpha value is -3.20. The number of carbonyl (C=O) groups excluding carboxylic acids is 1. The number of nitrogens with zero attached hydrogens (tertiary/aromatic N) is 8. The van der Waals surface area contributed by atoms with Gasteiger partial charge in [-0.1, -0.05) is 23.7 Å². The van der Waals surface area contributed by atoms with Crippen molar-refractivity contribution < 1.29 is 4.79 Å². The summed E-state index contributed by atoms with van der Waals surface area (Å²) in [6.45, 7) is 2.21. The second-order valence-corrected chi connectivity index (χ2v) is 8.82. The fourth-order valence-corrected chi connectivity index (χ4v) is 4.84. The largest absolute Gasteiger partial charge is 0.363 e. The van der Waals surface area contributed by atoms with Gasteiger partial charge in [0.15, 0.2) is 0 Å². The van der Waals surface area contributed by atoms with Crippen LogP contribution in [0.2, 0.25) is 5.15 Å². The first-order valence-corrected chi connectivity index (χ1v) is 11.1. The van der Waals surface area contributed by atoms with E-state index < -0.39 is 0 Å². The molecule has 32 heavy (non-hydrogen) atoms. The third-order valence-corrected chi connectivity index (χ3v) is 6.50. The van der Waals surface area contributed by atoms with Crippen LogP contribution < -0.4 is 9.80 Å². The third kappa shape index (κ3) is 3.77. The Bertz CT molecular complexity index is 1120. The number of anilines is 2. The second-order valence-electron chi connectivity index (χ2n) is 8.43. The van der Waals surface area contributed by atoms with Crippen LogP contribution in [0.25, 0.3) is 5.69 Å². The zero-order valence-corrected chi connectivity index (χ0v) is 18.9. The number of rotatable bonds is 4. The van der Waals surface area contributed by atoms with E-state index in [0.29, 0.717) is 34.8 Å². The highest BCUT2D eigenvalue weighted by Gasteiger charge is 2.41. The van der Waals surface area contributed by atoms with E-state index in [2.05, 4.69) is 20.1 Å². The first kappa shape index (κ1) is 20.7. The molecule has 10 heteroatoms. The van der Waals surface area contributed by atoms with Gasteiger partial charge in [0.1, 0.15) is 11.0 Å². The lowest BCUT2D eigenvalue weighted by atomic mass is 9.91. The number of amides is 1. The van der Waals surface area contributed by atoms with Crippen LogP contribution in [0.5, 0.6) is 0 Å². The molecule has 0 bridgehead atoms. The number of benzene rings is 1. The molecule has 9 nitrogen and oxygen atoms in total. The molecular formula is C22H25ClN8O. The van der Waals surface area contributed by atoms with E-state index in [9.17, 15) is 4.79 Å². The lowest BCUT2D eigenvalue weighted by Crippen LogP contribution is -2.50. The quantitative estimate of drug-likeness (QED) is 0.562. The molecule has 2 aliphatic rings. The lowest BCUT2D eigenvalue weighted by Gasteiger charge is -2.38. The van der Waals surface area contributed by atoms with E-state index in [1.54, 1.807) is 18.5 Å². The lowest BCUT2D eigenvalue weighted by molar-refractivity contribution is 0.0678. The van der Waals surface area contributed by atoms with Crippen molar-refractivity contribution >= 4 is 29.3 Å². The molecule has 0 radical (unpaired) electrons. The average Bonchev–Trinajstić information content (AvgIpc) is 3.48. The van der Waals surface area contributed by atoms with Gasteiger partial charge in [0, 0.05) is 39.8 Å². The van der Waals surface area contributed by atoms with E-state index in [1.165, 1.54) is 4.80 Å². The molecule has 0 unspecified atom stereocenters. The summed E-state index contributed by atoms with van der Waals surface area (Å²) in [5, 5.41) is 8.83. The van der Waals surface area contributed by atoms with Crippen LogP contribution in [0.15, 0.2) is 42.7 Å². The van der Waals surface area contributed by atoms with E-state index in [4.69, 9.17) is 16.6 Å². The number of hydrogen-bond acceptors (Lipinski definition) is 7. The van der Waals surface area contributed by atoms with Crippen LogP contribution in [0.1, 0.15) is 23.2 Å². The maximum absolute atomic E-state index is 13.5. The topological polar surface area (TPSA) is 83.3 Å². The van der Waals surface area contributed by atoms with Gasteiger partial charge in [0.2, 0.25) is 5.95 Å². The van der Waals surface area contributed by atoms with Gasteiger partial charge in [-0.25, -0.2) is 4.98 Å². The monoisotopic (exact) mass is 452 g/mol. The van der Waals surface area contributed by atoms with E-state index in [0.717, 1.165) is 31.7 Å². The fourth-order valence-electron chi connectivity index (χ4n) is 4.66. The summed E-state index contributed by atoms with van der Waals surface area (Å²) in [4.78, 5) is 30.3. The molecule has 1 amide bonds. The minimum Gasteiger partial charge on any atom is -0.363 e. The van der Waals surface area contributed by atoms with Crippen LogP contribution >= 0.6 is 11.6 Å². The summed E-state index contributed by atoms with van der Waals surface area (Å²) in [6.07, 6.45) is 5.23. The van der Waals surface area contributed by atoms with E-state index in [-0.39, 0.29) is 11.9 Å². The summed E-state index contributed by atoms with van der Waals surface area (Å²) in [7, 11) is 3.87. The summed E-state index contributed by atoms with van der Waals surface area (Å²) < 4.78 is 0. The fraction of sp³-hybridized carbons (Fsp3) is 0.409. The summed E-state index contributed by atoms with van der Waals surface area (Å²) >= 11 is 6.29. The molecule has 0 aliphatic carbocycles. The number of halogens is 1. The zero-order valence-electron chi connectivity index (χ0n) is 18.1. The smallest absolute Gasteiger partial charge is 0.256 e. The predicted octanol–water partition coefficient (Wildman–Crippen LogP) is 2.52. The van der Waals surface area contributed by atoms with E-state index in [1.807, 2.05) is 48.2 Å². The number of likely N-dealkylation sites (tertiary alicyclic amines) is 1. The Morgan fingerprint density at radius 1 is 1.09 bits per heavy atom. The molecule has 166 valence electrons. The Balaban J connectivity index is 1.41. The number of hydrogen-bond donors (Lipinski definition) is 0. The van der Waals surface area contributed by atoms with Crippen molar-refractivity contribution in [3.8, 4) is 5.69 Å². The van der Waals surface area contributed by atoms with Crippen molar-refractivity contribution in [2.24, 2.45) is 5.92 Å². The number of aromatic nitrogens is 5. The normalized spacial score (nSPS) is 20.3. The SMILES string of the molecule is CN(C)c1cc(Cl)nc(N2CC[C@@H]3CCN(C(=O)c4ccccc4-n4nccn4)C[C@@H]32)n1. The molecule has 0 saturated carbocycles. The first-order valence-electron chi connectivity index (χ1n) is 10.7. The van der Waals surface area contributed by atoms with Gasteiger partial charge in [-0.2, -0.15) is 20.0 Å². The van der Waals surface area contributed by atoms with Crippen molar-refractivity contribution in [3.63, 3.8) is 0 Å². The van der Waals surface area contributed by atoms with Gasteiger partial charge in [-0.3, -0.25) is 4.79 Å². The molecule has 5 rings (SSSR count). The summed E-state index contributed by atoms with van der Waals surface area (Å²) in [5.41, 5.74) is 1.28. The highest BCUT2D eigenvalue weighted by atomic mass is 35.5. The molecule has 2 atom stereocenters. The average molecular weight is 453 g/mol. The van der Waals surface area contributed by atoms with Gasteiger partial charge >= 0.3 is 0 Å². The number of para-hydroxylation sites is 1. The molecule has 0 N–H and O–H groups in total. The first-order chi connectivity index (χ1) is 15.5. The maximum atomic E-state index is 13.5. The highest BCUT2D eigenvalue weighted by Crippen LogP contribution is 2.35. The van der Waals surface area contributed by atoms with Crippen molar-refractivity contribution in [2.75, 3.05) is 43.5 Å². The Labute approximate surface area is 191 Å². The summed E-state index contributed by atoms with van der Waals surface area (Å²) in [5.74, 6) is 1.90. The van der Waals surface area contributed by atoms with Crippen molar-refractivity contribution in [1.29, 1.82) is 0 Å². The van der Waals surface area contributed by atoms with Crippen molar-refractivity contribution in [2.45, 2.75) is 18.9 Å². The second kappa shape index (κ2) is 8.38. The van der Waals surface area contributed by atoms with Gasteiger partial charge in [-0.05, 0) is 30.9 Å². The molecule has 2 fully saturated rings. The minimum absolute atomic E-state index is 0.0100. The van der Waals surface area contributed by atoms with Crippen molar-refractivity contribution in [1.82, 2.24) is 29.9 Å². The molecule has 3 aromatic rings. The standard InChI is InChI=1S/C22H25ClN8O/c1-28(2)20-13-19(23)26-22(27-20)30-12-8-15-7-11-29(14-18(15)30)21(32)16-5-3-4-6-17(16)31-24-9-10-25-31/h3-6,9-10,13,15,18H,7-8,11-12,14H2,1-2H3/t15-,18-/m0/s1. The van der Waals surface area contributed by atoms with E-state index >= 15 is 0 Å². The van der Waals surface area contributed by atoms with Crippen molar-refractivity contribution in [3.05, 3.63) is 53.4 Å². The molecule has 2 saturated heterocycles. The molecule has 2 aliphatic heterocycles. The zero-order chi connectivity index (χ0) is 22.2. The number of carbonyl (C=O) groups is 1. The van der Waals surface area contributed by atoms with Gasteiger partial charge < -0.3 is 14.7 Å². The van der Waals surface area contributed by atoms with Crippen LogP contribution in [0, 0.1) is 5.92 Å². The highest BCUT2D eigenvalue weighted by molar-refractivity contribution is 6.29. The Morgan fingerprint density at radius 2 is 1.84 bits per heavy atom. The maximum Gasteiger partial charge on any atom is 0.256 e.